The second kappa shape index (κ2) is 17.2. The SMILES string of the molecule is CS(=O)(=O)c1ccc(-c2ccc(S(C)(=O)=O)cc2)cc1.CS(=O)(=O)c1ccc(Oc2ccc(S(C)(=O)=O)cc2)cc1.CS(=O)(=O)c1ccc(S(C)(=O)=O)cc1. The predicted octanol–water partition coefficient (Wildman–Crippen LogP) is 4.94. The van der Waals surface area contributed by atoms with E-state index in [9.17, 15) is 50.5 Å². The molecule has 0 amide bonds. The first-order chi connectivity index (χ1) is 25.0. The van der Waals surface area contributed by atoms with Gasteiger partial charge in [0.1, 0.15) is 11.5 Å². The normalized spacial score (nSPS) is 12.3. The minimum Gasteiger partial charge on any atom is -0.457 e. The highest BCUT2D eigenvalue weighted by molar-refractivity contribution is 7.92. The van der Waals surface area contributed by atoms with Crippen molar-refractivity contribution in [1.82, 2.24) is 0 Å². The van der Waals surface area contributed by atoms with Crippen molar-refractivity contribution in [2.45, 2.75) is 29.4 Å². The van der Waals surface area contributed by atoms with Gasteiger partial charge in [-0.05, 0) is 108 Å². The van der Waals surface area contributed by atoms with Crippen LogP contribution in [0, 0.1) is 0 Å². The van der Waals surface area contributed by atoms with Crippen LogP contribution in [0.1, 0.15) is 0 Å². The zero-order chi connectivity index (χ0) is 41.6. The first-order valence-corrected chi connectivity index (χ1v) is 26.8. The van der Waals surface area contributed by atoms with Crippen molar-refractivity contribution >= 4 is 59.0 Å². The highest BCUT2D eigenvalue weighted by Gasteiger charge is 2.12. The van der Waals surface area contributed by atoms with E-state index in [0.717, 1.165) is 48.7 Å². The Kier molecular flexibility index (Phi) is 14.0. The standard InChI is InChI=1S/C14H14O5S2.C14H14O4S2.C8H10O4S2/c1-20(15,16)13-7-3-11(4-8-13)19-12-5-9-14(10-6-12)21(2,17)18;1-19(15,16)13-7-3-11(4-8-13)12-5-9-14(10-6-12)20(2,17)18;1-13(9,10)7-3-5-8(6-4-7)14(2,11)12/h3-10H,1-2H3;3-10H,1-2H3;3-6H,1-2H3. The van der Waals surface area contributed by atoms with Gasteiger partial charge in [0.15, 0.2) is 59.0 Å². The van der Waals surface area contributed by atoms with Crippen molar-refractivity contribution < 1.29 is 55.2 Å². The van der Waals surface area contributed by atoms with Gasteiger partial charge in [0.2, 0.25) is 0 Å². The highest BCUT2D eigenvalue weighted by Crippen LogP contribution is 2.25. The Morgan fingerprint density at radius 3 is 0.564 bits per heavy atom. The second-order valence-electron chi connectivity index (χ2n) is 12.2. The summed E-state index contributed by atoms with van der Waals surface area (Å²) in [4.78, 5) is 1.17. The Hall–Kier alpha value is -4.40. The van der Waals surface area contributed by atoms with E-state index in [-0.39, 0.29) is 29.4 Å². The van der Waals surface area contributed by atoms with Crippen molar-refractivity contribution in [3.05, 3.63) is 121 Å². The molecular formula is C36H38O13S6. The first-order valence-electron chi connectivity index (χ1n) is 15.4. The number of ether oxygens (including phenoxy) is 1. The minimum atomic E-state index is -3.26. The van der Waals surface area contributed by atoms with Crippen LogP contribution in [0.15, 0.2) is 151 Å². The van der Waals surface area contributed by atoms with E-state index in [4.69, 9.17) is 4.74 Å². The minimum absolute atomic E-state index is 0.116. The molecule has 0 radical (unpaired) electrons. The Balaban J connectivity index is 0.000000226. The molecule has 5 aromatic carbocycles. The summed E-state index contributed by atoms with van der Waals surface area (Å²) in [7, 11) is -19.4. The molecule has 0 spiro atoms. The maximum Gasteiger partial charge on any atom is 0.175 e. The number of sulfone groups is 6. The monoisotopic (exact) mass is 870 g/mol. The Labute approximate surface area is 323 Å². The third kappa shape index (κ3) is 14.0. The number of hydrogen-bond acceptors (Lipinski definition) is 13. The summed E-state index contributed by atoms with van der Waals surface area (Å²) in [5.74, 6) is 0.934. The van der Waals surface area contributed by atoms with Gasteiger partial charge in [-0.25, -0.2) is 50.5 Å². The molecule has 0 saturated carbocycles. The first kappa shape index (κ1) is 45.0. The Morgan fingerprint density at radius 1 is 0.255 bits per heavy atom. The molecule has 5 rings (SSSR count). The molecule has 0 bridgehead atoms. The van der Waals surface area contributed by atoms with Gasteiger partial charge >= 0.3 is 0 Å². The number of hydrogen-bond donors (Lipinski definition) is 0. The van der Waals surface area contributed by atoms with E-state index in [1.165, 1.54) is 72.8 Å². The molecule has 19 heteroatoms. The summed E-state index contributed by atoms with van der Waals surface area (Å²) in [6.45, 7) is 0. The molecule has 0 N–H and O–H groups in total. The average Bonchev–Trinajstić information content (AvgIpc) is 3.07. The van der Waals surface area contributed by atoms with Gasteiger partial charge in [0, 0.05) is 37.5 Å². The van der Waals surface area contributed by atoms with Gasteiger partial charge < -0.3 is 4.74 Å². The third-order valence-electron chi connectivity index (χ3n) is 7.32. The van der Waals surface area contributed by atoms with E-state index >= 15 is 0 Å². The molecule has 55 heavy (non-hydrogen) atoms. The van der Waals surface area contributed by atoms with Crippen molar-refractivity contribution in [2.75, 3.05) is 37.5 Å². The maximum atomic E-state index is 11.4. The van der Waals surface area contributed by atoms with Crippen LogP contribution >= 0.6 is 0 Å². The Bertz CT molecular complexity index is 2600. The molecule has 0 saturated heterocycles. The van der Waals surface area contributed by atoms with Gasteiger partial charge in [-0.2, -0.15) is 0 Å². The van der Waals surface area contributed by atoms with Crippen molar-refractivity contribution in [3.8, 4) is 22.6 Å². The lowest BCUT2D eigenvalue weighted by Crippen LogP contribution is -2.00. The van der Waals surface area contributed by atoms with E-state index in [1.54, 1.807) is 48.5 Å². The molecule has 0 aliphatic carbocycles. The molecule has 0 aromatic heterocycles. The third-order valence-corrected chi connectivity index (χ3v) is 14.1. The molecule has 0 heterocycles. The lowest BCUT2D eigenvalue weighted by atomic mass is 10.1. The van der Waals surface area contributed by atoms with Crippen molar-refractivity contribution in [2.24, 2.45) is 0 Å². The predicted molar refractivity (Wildman–Crippen MR) is 210 cm³/mol. The van der Waals surface area contributed by atoms with Crippen molar-refractivity contribution in [3.63, 3.8) is 0 Å². The van der Waals surface area contributed by atoms with Gasteiger partial charge in [-0.3, -0.25) is 0 Å². The van der Waals surface area contributed by atoms with Crippen LogP contribution in [0.25, 0.3) is 11.1 Å². The quantitative estimate of drug-likeness (QED) is 0.192. The molecule has 0 fully saturated rings. The Morgan fingerprint density at radius 2 is 0.400 bits per heavy atom. The summed E-state index contributed by atoms with van der Waals surface area (Å²) in [6, 6.07) is 30.1. The number of rotatable bonds is 9. The highest BCUT2D eigenvalue weighted by atomic mass is 32.2. The summed E-state index contributed by atoms with van der Waals surface area (Å²) < 4.78 is 141. The molecular weight excluding hydrogens is 833 g/mol. The van der Waals surface area contributed by atoms with Gasteiger partial charge in [-0.1, -0.05) is 24.3 Å². The fourth-order valence-corrected chi connectivity index (χ4v) is 8.15. The molecule has 0 atom stereocenters. The molecule has 296 valence electrons. The molecule has 0 aliphatic heterocycles. The van der Waals surface area contributed by atoms with Crippen LogP contribution < -0.4 is 4.74 Å². The maximum absolute atomic E-state index is 11.4. The fraction of sp³-hybridized carbons (Fsp3) is 0.167. The average molecular weight is 871 g/mol. The van der Waals surface area contributed by atoms with Crippen molar-refractivity contribution in [1.29, 1.82) is 0 Å². The van der Waals surface area contributed by atoms with E-state index in [2.05, 4.69) is 0 Å². The largest absolute Gasteiger partial charge is 0.457 e. The summed E-state index contributed by atoms with van der Waals surface area (Å²) >= 11 is 0. The molecule has 0 unspecified atom stereocenters. The van der Waals surface area contributed by atoms with Gasteiger partial charge in [0.25, 0.3) is 0 Å². The smallest absolute Gasteiger partial charge is 0.175 e. The topological polar surface area (TPSA) is 214 Å². The second-order valence-corrected chi connectivity index (χ2v) is 24.3. The van der Waals surface area contributed by atoms with E-state index < -0.39 is 59.0 Å². The van der Waals surface area contributed by atoms with Crippen LogP contribution in [0.2, 0.25) is 0 Å². The summed E-state index contributed by atoms with van der Waals surface area (Å²) in [5.41, 5.74) is 1.66. The number of benzene rings is 5. The van der Waals surface area contributed by atoms with E-state index in [1.807, 2.05) is 0 Å². The molecule has 0 aliphatic rings. The lowest BCUT2D eigenvalue weighted by Gasteiger charge is -2.07. The van der Waals surface area contributed by atoms with Crippen LogP contribution in [-0.2, 0) is 59.0 Å². The van der Waals surface area contributed by atoms with Crippen LogP contribution in [0.4, 0.5) is 0 Å². The fourth-order valence-electron chi connectivity index (χ4n) is 4.37. The van der Waals surface area contributed by atoms with E-state index in [0.29, 0.717) is 11.5 Å². The summed E-state index contributed by atoms with van der Waals surface area (Å²) in [5, 5.41) is 0. The zero-order valence-corrected chi connectivity index (χ0v) is 35.2. The van der Waals surface area contributed by atoms with Crippen LogP contribution in [-0.4, -0.2) is 88.0 Å². The van der Waals surface area contributed by atoms with Gasteiger partial charge in [-0.15, -0.1) is 0 Å². The lowest BCUT2D eigenvalue weighted by molar-refractivity contribution is 0.481. The van der Waals surface area contributed by atoms with Crippen LogP contribution in [0.3, 0.4) is 0 Å². The van der Waals surface area contributed by atoms with Crippen LogP contribution in [0.5, 0.6) is 11.5 Å². The molecule has 5 aromatic rings. The zero-order valence-electron chi connectivity index (χ0n) is 30.3. The van der Waals surface area contributed by atoms with Gasteiger partial charge in [0.05, 0.1) is 29.4 Å². The summed E-state index contributed by atoms with van der Waals surface area (Å²) in [6.07, 6.45) is 6.72. The molecule has 13 nitrogen and oxygen atoms in total.